The molecular weight excluding hydrogens is 330 g/mol. The summed E-state index contributed by atoms with van der Waals surface area (Å²) < 4.78 is 0. The predicted octanol–water partition coefficient (Wildman–Crippen LogP) is 2.55. The standard InChI is InChI=1S/C20H23N3O3/c1-9(21)13-18(25)16-15-11(20(2,3)23(16)19(13)26)8-10-6-5-7-12(22-4)14(10)17(15)24/h5-7,11,15-16,21-22,25H,8H2,1-4H3. The van der Waals surface area contributed by atoms with Gasteiger partial charge < -0.3 is 20.7 Å². The first-order valence-electron chi connectivity index (χ1n) is 8.88. The van der Waals surface area contributed by atoms with Gasteiger partial charge in [0.25, 0.3) is 5.91 Å². The molecule has 3 atom stereocenters. The number of aliphatic hydroxyl groups is 1. The molecule has 3 unspecified atom stereocenters. The summed E-state index contributed by atoms with van der Waals surface area (Å²) in [6, 6.07) is 5.09. The quantitative estimate of drug-likeness (QED) is 0.712. The molecule has 3 N–H and O–H groups in total. The van der Waals surface area contributed by atoms with E-state index in [9.17, 15) is 14.7 Å². The molecule has 6 heteroatoms. The number of anilines is 1. The first kappa shape index (κ1) is 16.8. The number of ketones is 1. The zero-order valence-corrected chi connectivity index (χ0v) is 15.4. The van der Waals surface area contributed by atoms with Gasteiger partial charge in [-0.15, -0.1) is 0 Å². The number of nitrogens with one attached hydrogen (secondary N) is 2. The summed E-state index contributed by atoms with van der Waals surface area (Å²) in [6.07, 6.45) is 0.681. The second kappa shape index (κ2) is 5.19. The lowest BCUT2D eigenvalue weighted by atomic mass is 9.68. The van der Waals surface area contributed by atoms with E-state index in [-0.39, 0.29) is 34.7 Å². The van der Waals surface area contributed by atoms with Crippen LogP contribution < -0.4 is 5.32 Å². The number of carbonyl (C=O) groups excluding carboxylic acids is 2. The van der Waals surface area contributed by atoms with Crippen LogP contribution in [0.4, 0.5) is 5.69 Å². The number of hydrogen-bond donors (Lipinski definition) is 3. The predicted molar refractivity (Wildman–Crippen MR) is 98.8 cm³/mol. The van der Waals surface area contributed by atoms with Crippen molar-refractivity contribution in [3.63, 3.8) is 0 Å². The molecule has 1 amide bonds. The van der Waals surface area contributed by atoms with Gasteiger partial charge in [0.05, 0.1) is 11.5 Å². The number of hydrogen-bond acceptors (Lipinski definition) is 5. The lowest BCUT2D eigenvalue weighted by Gasteiger charge is -2.37. The number of Topliss-reactive ketones (excluding diaryl/α,β-unsaturated/α-hetero) is 1. The fourth-order valence-corrected chi connectivity index (χ4v) is 5.14. The van der Waals surface area contributed by atoms with Gasteiger partial charge in [-0.05, 0) is 44.7 Å². The second-order valence-corrected chi connectivity index (χ2v) is 7.95. The van der Waals surface area contributed by atoms with Crippen molar-refractivity contribution in [2.75, 3.05) is 12.4 Å². The van der Waals surface area contributed by atoms with Crippen molar-refractivity contribution in [1.29, 1.82) is 5.41 Å². The van der Waals surface area contributed by atoms with Crippen molar-refractivity contribution in [2.24, 2.45) is 11.8 Å². The Morgan fingerprint density at radius 2 is 2.04 bits per heavy atom. The topological polar surface area (TPSA) is 93.5 Å². The molecule has 0 bridgehead atoms. The maximum Gasteiger partial charge on any atom is 0.260 e. The van der Waals surface area contributed by atoms with Crippen molar-refractivity contribution < 1.29 is 14.7 Å². The lowest BCUT2D eigenvalue weighted by molar-refractivity contribution is -0.130. The third-order valence-corrected chi connectivity index (χ3v) is 6.33. The van der Waals surface area contributed by atoms with Gasteiger partial charge in [-0.2, -0.15) is 0 Å². The Morgan fingerprint density at radius 3 is 2.65 bits per heavy atom. The molecule has 0 radical (unpaired) electrons. The molecule has 1 aromatic rings. The highest BCUT2D eigenvalue weighted by atomic mass is 16.3. The van der Waals surface area contributed by atoms with Crippen LogP contribution in [-0.4, -0.2) is 46.0 Å². The monoisotopic (exact) mass is 353 g/mol. The van der Waals surface area contributed by atoms with Gasteiger partial charge >= 0.3 is 0 Å². The van der Waals surface area contributed by atoms with E-state index in [0.717, 1.165) is 11.3 Å². The minimum Gasteiger partial charge on any atom is -0.509 e. The van der Waals surface area contributed by atoms with Gasteiger partial charge in [0.15, 0.2) is 5.78 Å². The minimum atomic E-state index is -0.677. The summed E-state index contributed by atoms with van der Waals surface area (Å²) in [5.74, 6) is -1.07. The molecule has 1 aliphatic carbocycles. The van der Waals surface area contributed by atoms with Crippen LogP contribution in [0.15, 0.2) is 29.5 Å². The van der Waals surface area contributed by atoms with E-state index in [1.54, 1.807) is 11.9 Å². The van der Waals surface area contributed by atoms with Crippen molar-refractivity contribution in [3.05, 3.63) is 40.7 Å². The Labute approximate surface area is 152 Å². The number of carbonyl (C=O) groups is 2. The fraction of sp³-hybridized carbons (Fsp3) is 0.450. The minimum absolute atomic E-state index is 0.0359. The van der Waals surface area contributed by atoms with E-state index in [4.69, 9.17) is 5.41 Å². The first-order valence-corrected chi connectivity index (χ1v) is 8.88. The maximum absolute atomic E-state index is 13.5. The Bertz CT molecular complexity index is 900. The highest BCUT2D eigenvalue weighted by molar-refractivity contribution is 6.22. The molecule has 2 aliphatic heterocycles. The van der Waals surface area contributed by atoms with E-state index in [0.29, 0.717) is 12.0 Å². The Balaban J connectivity index is 1.91. The number of rotatable bonds is 2. The van der Waals surface area contributed by atoms with Crippen LogP contribution in [0, 0.1) is 17.2 Å². The molecule has 136 valence electrons. The Kier molecular flexibility index (Phi) is 3.36. The van der Waals surface area contributed by atoms with Crippen molar-refractivity contribution >= 4 is 23.1 Å². The molecule has 1 aromatic carbocycles. The normalized spacial score (nSPS) is 28.8. The van der Waals surface area contributed by atoms with Crippen LogP contribution >= 0.6 is 0 Å². The molecule has 6 nitrogen and oxygen atoms in total. The summed E-state index contributed by atoms with van der Waals surface area (Å²) in [6.45, 7) is 5.41. The van der Waals surface area contributed by atoms with Crippen LogP contribution in [0.25, 0.3) is 0 Å². The summed E-state index contributed by atoms with van der Waals surface area (Å²) in [4.78, 5) is 28.0. The average Bonchev–Trinajstić information content (AvgIpc) is 2.98. The zero-order chi connectivity index (χ0) is 19.0. The van der Waals surface area contributed by atoms with Crippen molar-refractivity contribution in [1.82, 2.24) is 4.90 Å². The van der Waals surface area contributed by atoms with E-state index in [1.807, 2.05) is 32.0 Å². The molecule has 0 spiro atoms. The van der Waals surface area contributed by atoms with Gasteiger partial charge in [0, 0.05) is 29.5 Å². The van der Waals surface area contributed by atoms with Crippen molar-refractivity contribution in [2.45, 2.75) is 38.8 Å². The molecule has 1 saturated heterocycles. The van der Waals surface area contributed by atoms with E-state index in [1.165, 1.54) is 6.92 Å². The number of benzene rings is 1. The summed E-state index contributed by atoms with van der Waals surface area (Å²) in [5.41, 5.74) is 1.92. The average molecular weight is 353 g/mol. The third-order valence-electron chi connectivity index (χ3n) is 6.33. The lowest BCUT2D eigenvalue weighted by Crippen LogP contribution is -2.47. The zero-order valence-electron chi connectivity index (χ0n) is 15.4. The number of fused-ring (bicyclic) bond motifs is 4. The Hall–Kier alpha value is -2.63. The molecule has 0 aromatic heterocycles. The van der Waals surface area contributed by atoms with E-state index >= 15 is 0 Å². The maximum atomic E-state index is 13.5. The van der Waals surface area contributed by atoms with Gasteiger partial charge in [0.1, 0.15) is 11.8 Å². The summed E-state index contributed by atoms with van der Waals surface area (Å²) in [7, 11) is 1.78. The van der Waals surface area contributed by atoms with Crippen LogP contribution in [0.3, 0.4) is 0 Å². The smallest absolute Gasteiger partial charge is 0.260 e. The van der Waals surface area contributed by atoms with Gasteiger partial charge in [-0.25, -0.2) is 0 Å². The fourth-order valence-electron chi connectivity index (χ4n) is 5.14. The highest BCUT2D eigenvalue weighted by Crippen LogP contribution is 2.54. The first-order chi connectivity index (χ1) is 12.2. The molecule has 2 heterocycles. The number of amides is 1. The molecule has 4 rings (SSSR count). The molecule has 1 fully saturated rings. The van der Waals surface area contributed by atoms with Gasteiger partial charge in [-0.3, -0.25) is 9.59 Å². The van der Waals surface area contributed by atoms with Gasteiger partial charge in [-0.1, -0.05) is 12.1 Å². The largest absolute Gasteiger partial charge is 0.509 e. The SMILES string of the molecule is CNc1cccc2c1C(=O)C1C3C(O)=C(C(C)=N)C(=O)N3C(C)(C)C1C2. The van der Waals surface area contributed by atoms with Crippen LogP contribution in [-0.2, 0) is 11.2 Å². The third kappa shape index (κ3) is 1.84. The molecular formula is C20H23N3O3. The van der Waals surface area contributed by atoms with E-state index < -0.39 is 17.5 Å². The van der Waals surface area contributed by atoms with Crippen LogP contribution in [0.1, 0.15) is 36.7 Å². The highest BCUT2D eigenvalue weighted by Gasteiger charge is 2.64. The number of nitrogens with zero attached hydrogens (tertiary/aromatic N) is 1. The van der Waals surface area contributed by atoms with Gasteiger partial charge in [0.2, 0.25) is 0 Å². The molecule has 26 heavy (non-hydrogen) atoms. The summed E-state index contributed by atoms with van der Waals surface area (Å²) >= 11 is 0. The van der Waals surface area contributed by atoms with E-state index in [2.05, 4.69) is 5.32 Å². The van der Waals surface area contributed by atoms with Crippen LogP contribution in [0.2, 0.25) is 0 Å². The molecule has 0 saturated carbocycles. The molecule has 3 aliphatic rings. The number of aliphatic hydroxyl groups excluding tert-OH is 1. The van der Waals surface area contributed by atoms with Crippen molar-refractivity contribution in [3.8, 4) is 0 Å². The Morgan fingerprint density at radius 1 is 1.35 bits per heavy atom. The second-order valence-electron chi connectivity index (χ2n) is 7.95. The van der Waals surface area contributed by atoms with Crippen LogP contribution in [0.5, 0.6) is 0 Å². The summed E-state index contributed by atoms with van der Waals surface area (Å²) in [5, 5.41) is 21.7.